The van der Waals surface area contributed by atoms with Crippen molar-refractivity contribution in [3.63, 3.8) is 0 Å². The number of halogens is 1. The molecule has 0 N–H and O–H groups in total. The third-order valence-corrected chi connectivity index (χ3v) is 3.76. The van der Waals surface area contributed by atoms with Crippen LogP contribution in [-0.2, 0) is 18.8 Å². The molecule has 0 spiro atoms. The maximum Gasteiger partial charge on any atom is 0.125 e. The SMILES string of the molecule is CCc1ccc(Cn2c(CCl)nc3cnccc32)cc1. The Kier molecular flexibility index (Phi) is 3.70. The first kappa shape index (κ1) is 13.1. The van der Waals surface area contributed by atoms with Crippen LogP contribution in [0.4, 0.5) is 0 Å². The minimum atomic E-state index is 0.404. The van der Waals surface area contributed by atoms with E-state index in [0.717, 1.165) is 29.8 Å². The number of aryl methyl sites for hydroxylation is 1. The van der Waals surface area contributed by atoms with E-state index in [1.165, 1.54) is 11.1 Å². The summed E-state index contributed by atoms with van der Waals surface area (Å²) in [5.74, 6) is 1.29. The summed E-state index contributed by atoms with van der Waals surface area (Å²) < 4.78 is 2.16. The Balaban J connectivity index is 2.00. The predicted molar refractivity (Wildman–Crippen MR) is 82.0 cm³/mol. The molecule has 3 nitrogen and oxygen atoms in total. The molecule has 4 heteroatoms. The summed E-state index contributed by atoms with van der Waals surface area (Å²) in [6, 6.07) is 10.7. The van der Waals surface area contributed by atoms with E-state index in [1.807, 2.05) is 6.07 Å². The second kappa shape index (κ2) is 5.63. The van der Waals surface area contributed by atoms with Gasteiger partial charge in [0.25, 0.3) is 0 Å². The maximum absolute atomic E-state index is 6.01. The zero-order chi connectivity index (χ0) is 13.9. The average Bonchev–Trinajstić information content (AvgIpc) is 2.86. The third kappa shape index (κ3) is 2.41. The van der Waals surface area contributed by atoms with Gasteiger partial charge in [-0.2, -0.15) is 0 Å². The number of hydrogen-bond donors (Lipinski definition) is 0. The second-order valence-corrected chi connectivity index (χ2v) is 5.05. The van der Waals surface area contributed by atoms with Gasteiger partial charge in [0, 0.05) is 12.7 Å². The molecule has 0 bridgehead atoms. The lowest BCUT2D eigenvalue weighted by Crippen LogP contribution is -2.03. The molecule has 102 valence electrons. The van der Waals surface area contributed by atoms with Crippen LogP contribution in [0.5, 0.6) is 0 Å². The fourth-order valence-electron chi connectivity index (χ4n) is 2.37. The summed E-state index contributed by atoms with van der Waals surface area (Å²) in [7, 11) is 0. The molecular weight excluding hydrogens is 270 g/mol. The largest absolute Gasteiger partial charge is 0.322 e. The number of benzene rings is 1. The number of rotatable bonds is 4. The number of pyridine rings is 1. The van der Waals surface area contributed by atoms with E-state index < -0.39 is 0 Å². The summed E-state index contributed by atoms with van der Waals surface area (Å²) in [6.07, 6.45) is 4.63. The molecule has 0 saturated heterocycles. The minimum absolute atomic E-state index is 0.404. The van der Waals surface area contributed by atoms with Crippen molar-refractivity contribution in [1.82, 2.24) is 14.5 Å². The molecule has 0 amide bonds. The highest BCUT2D eigenvalue weighted by atomic mass is 35.5. The Hall–Kier alpha value is -1.87. The molecular formula is C16H16ClN3. The van der Waals surface area contributed by atoms with Crippen molar-refractivity contribution in [1.29, 1.82) is 0 Å². The highest BCUT2D eigenvalue weighted by Crippen LogP contribution is 2.18. The minimum Gasteiger partial charge on any atom is -0.322 e. The van der Waals surface area contributed by atoms with Gasteiger partial charge in [0.2, 0.25) is 0 Å². The van der Waals surface area contributed by atoms with Crippen LogP contribution in [0.1, 0.15) is 23.9 Å². The fraction of sp³-hybridized carbons (Fsp3) is 0.250. The van der Waals surface area contributed by atoms with E-state index in [1.54, 1.807) is 12.4 Å². The van der Waals surface area contributed by atoms with Crippen LogP contribution in [0.3, 0.4) is 0 Å². The number of nitrogens with zero attached hydrogens (tertiary/aromatic N) is 3. The number of fused-ring (bicyclic) bond motifs is 1. The number of imidazole rings is 1. The molecule has 0 atom stereocenters. The lowest BCUT2D eigenvalue weighted by atomic mass is 10.1. The quantitative estimate of drug-likeness (QED) is 0.683. The molecule has 0 aliphatic heterocycles. The van der Waals surface area contributed by atoms with Crippen molar-refractivity contribution in [3.05, 3.63) is 59.7 Å². The van der Waals surface area contributed by atoms with Crippen molar-refractivity contribution in [2.75, 3.05) is 0 Å². The summed E-state index contributed by atoms with van der Waals surface area (Å²) >= 11 is 6.01. The first-order valence-electron chi connectivity index (χ1n) is 6.74. The molecule has 0 fully saturated rings. The van der Waals surface area contributed by atoms with Gasteiger partial charge in [-0.1, -0.05) is 31.2 Å². The van der Waals surface area contributed by atoms with Crippen LogP contribution in [0.2, 0.25) is 0 Å². The predicted octanol–water partition coefficient (Wildman–Crippen LogP) is 3.78. The lowest BCUT2D eigenvalue weighted by molar-refractivity contribution is 0.778. The van der Waals surface area contributed by atoms with Gasteiger partial charge in [-0.15, -0.1) is 11.6 Å². The molecule has 1 aromatic carbocycles. The van der Waals surface area contributed by atoms with Crippen LogP contribution >= 0.6 is 11.6 Å². The van der Waals surface area contributed by atoms with E-state index >= 15 is 0 Å². The third-order valence-electron chi connectivity index (χ3n) is 3.52. The summed E-state index contributed by atoms with van der Waals surface area (Å²) in [5, 5.41) is 0. The Morgan fingerprint density at radius 1 is 1.10 bits per heavy atom. The van der Waals surface area contributed by atoms with E-state index in [2.05, 4.69) is 45.7 Å². The molecule has 0 radical (unpaired) electrons. The Labute approximate surface area is 123 Å². The van der Waals surface area contributed by atoms with Gasteiger partial charge in [0.15, 0.2) is 0 Å². The topological polar surface area (TPSA) is 30.7 Å². The van der Waals surface area contributed by atoms with Gasteiger partial charge in [0.1, 0.15) is 11.3 Å². The molecule has 0 unspecified atom stereocenters. The van der Waals surface area contributed by atoms with Crippen LogP contribution in [-0.4, -0.2) is 14.5 Å². The molecule has 0 aliphatic rings. The van der Waals surface area contributed by atoms with E-state index in [-0.39, 0.29) is 0 Å². The van der Waals surface area contributed by atoms with Gasteiger partial charge >= 0.3 is 0 Å². The van der Waals surface area contributed by atoms with Crippen LogP contribution < -0.4 is 0 Å². The lowest BCUT2D eigenvalue weighted by Gasteiger charge is -2.08. The Morgan fingerprint density at radius 3 is 2.55 bits per heavy atom. The normalized spacial score (nSPS) is 11.1. The monoisotopic (exact) mass is 285 g/mol. The van der Waals surface area contributed by atoms with Crippen molar-refractivity contribution in [2.45, 2.75) is 25.8 Å². The van der Waals surface area contributed by atoms with Crippen LogP contribution in [0, 0.1) is 0 Å². The molecule has 20 heavy (non-hydrogen) atoms. The van der Waals surface area contributed by atoms with Crippen molar-refractivity contribution < 1.29 is 0 Å². The van der Waals surface area contributed by atoms with Crippen molar-refractivity contribution >= 4 is 22.6 Å². The summed E-state index contributed by atoms with van der Waals surface area (Å²) in [5.41, 5.74) is 4.58. The smallest absolute Gasteiger partial charge is 0.125 e. The molecule has 2 aromatic heterocycles. The van der Waals surface area contributed by atoms with Gasteiger partial charge in [0.05, 0.1) is 17.6 Å². The maximum atomic E-state index is 6.01. The van der Waals surface area contributed by atoms with Crippen LogP contribution in [0.15, 0.2) is 42.7 Å². The molecule has 3 rings (SSSR count). The highest BCUT2D eigenvalue weighted by Gasteiger charge is 2.10. The van der Waals surface area contributed by atoms with Gasteiger partial charge in [-0.05, 0) is 23.6 Å². The Morgan fingerprint density at radius 2 is 1.85 bits per heavy atom. The van der Waals surface area contributed by atoms with Crippen molar-refractivity contribution in [2.24, 2.45) is 0 Å². The molecule has 3 aromatic rings. The van der Waals surface area contributed by atoms with Crippen molar-refractivity contribution in [3.8, 4) is 0 Å². The zero-order valence-corrected chi connectivity index (χ0v) is 12.1. The first-order chi connectivity index (χ1) is 9.81. The van der Waals surface area contributed by atoms with Gasteiger partial charge in [-0.25, -0.2) is 4.98 Å². The van der Waals surface area contributed by atoms with E-state index in [9.17, 15) is 0 Å². The zero-order valence-electron chi connectivity index (χ0n) is 11.4. The van der Waals surface area contributed by atoms with E-state index in [0.29, 0.717) is 5.88 Å². The number of hydrogen-bond acceptors (Lipinski definition) is 2. The summed E-state index contributed by atoms with van der Waals surface area (Å²) in [6.45, 7) is 2.95. The second-order valence-electron chi connectivity index (χ2n) is 4.78. The standard InChI is InChI=1S/C16H16ClN3/c1-2-12-3-5-13(6-4-12)11-20-15-7-8-18-10-14(15)19-16(20)9-17/h3-8,10H,2,9,11H2,1H3. The average molecular weight is 286 g/mol. The number of alkyl halides is 1. The first-order valence-corrected chi connectivity index (χ1v) is 7.28. The molecule has 0 saturated carbocycles. The summed E-state index contributed by atoms with van der Waals surface area (Å²) in [4.78, 5) is 8.64. The molecule has 0 aliphatic carbocycles. The van der Waals surface area contributed by atoms with Gasteiger partial charge in [-0.3, -0.25) is 4.98 Å². The van der Waals surface area contributed by atoms with Crippen LogP contribution in [0.25, 0.3) is 11.0 Å². The molecule has 2 heterocycles. The van der Waals surface area contributed by atoms with E-state index in [4.69, 9.17) is 11.6 Å². The highest BCUT2D eigenvalue weighted by molar-refractivity contribution is 6.16. The van der Waals surface area contributed by atoms with Gasteiger partial charge < -0.3 is 4.57 Å². The number of aromatic nitrogens is 3. The Bertz CT molecular complexity index is 716. The fourth-order valence-corrected chi connectivity index (χ4v) is 2.58.